The number of nitrogens with zero attached hydrogens (tertiary/aromatic N) is 1. The van der Waals surface area contributed by atoms with Crippen molar-refractivity contribution in [1.82, 2.24) is 0 Å². The highest BCUT2D eigenvalue weighted by Crippen LogP contribution is 2.28. The van der Waals surface area contributed by atoms with Crippen molar-refractivity contribution in [3.63, 3.8) is 0 Å². The smallest absolute Gasteiger partial charge is 0.193 e. The number of benzene rings is 2. The third-order valence-electron chi connectivity index (χ3n) is 3.49. The minimum atomic E-state index is 0. The molecule has 0 unspecified atom stereocenters. The van der Waals surface area contributed by atoms with Gasteiger partial charge in [0.25, 0.3) is 0 Å². The summed E-state index contributed by atoms with van der Waals surface area (Å²) in [4.78, 5) is 4.34. The minimum Gasteiger partial charge on any atom is -0.497 e. The van der Waals surface area contributed by atoms with E-state index in [1.165, 1.54) is 5.56 Å². The number of anilines is 1. The molecule has 0 atom stereocenters. The Bertz CT molecular complexity index is 693. The van der Waals surface area contributed by atoms with E-state index < -0.39 is 0 Å². The van der Waals surface area contributed by atoms with Crippen LogP contribution in [0.1, 0.15) is 12.0 Å². The van der Waals surface area contributed by atoms with Crippen molar-refractivity contribution in [3.8, 4) is 11.5 Å². The minimum absolute atomic E-state index is 0. The summed E-state index contributed by atoms with van der Waals surface area (Å²) in [5, 5.41) is 3.80. The fraction of sp³-hybridized carbons (Fsp3) is 0.278. The molecule has 0 heterocycles. The van der Waals surface area contributed by atoms with Crippen LogP contribution in [0.25, 0.3) is 0 Å². The van der Waals surface area contributed by atoms with Gasteiger partial charge in [0.05, 0.1) is 19.9 Å². The van der Waals surface area contributed by atoms with Crippen LogP contribution in [-0.4, -0.2) is 26.7 Å². The summed E-state index contributed by atoms with van der Waals surface area (Å²) in [5.74, 6) is 1.74. The van der Waals surface area contributed by atoms with Gasteiger partial charge in [-0.1, -0.05) is 23.7 Å². The van der Waals surface area contributed by atoms with Crippen molar-refractivity contribution in [1.29, 1.82) is 0 Å². The van der Waals surface area contributed by atoms with Crippen LogP contribution in [0.2, 0.25) is 5.02 Å². The van der Waals surface area contributed by atoms with Crippen LogP contribution >= 0.6 is 35.6 Å². The van der Waals surface area contributed by atoms with Crippen LogP contribution in [0, 0.1) is 0 Å². The molecule has 3 N–H and O–H groups in total. The monoisotopic (exact) mass is 475 g/mol. The van der Waals surface area contributed by atoms with Crippen LogP contribution in [0.3, 0.4) is 0 Å². The van der Waals surface area contributed by atoms with E-state index >= 15 is 0 Å². The number of rotatable bonds is 7. The summed E-state index contributed by atoms with van der Waals surface area (Å²) in [6, 6.07) is 13.3. The largest absolute Gasteiger partial charge is 0.497 e. The van der Waals surface area contributed by atoms with Crippen molar-refractivity contribution in [2.24, 2.45) is 10.7 Å². The molecule has 0 amide bonds. The van der Waals surface area contributed by atoms with Crippen molar-refractivity contribution in [2.75, 3.05) is 26.1 Å². The lowest BCUT2D eigenvalue weighted by Crippen LogP contribution is -2.23. The topological polar surface area (TPSA) is 68.9 Å². The summed E-state index contributed by atoms with van der Waals surface area (Å²) in [6.45, 7) is 0.633. The molecule has 0 saturated heterocycles. The Kier molecular flexibility index (Phi) is 9.44. The van der Waals surface area contributed by atoms with Gasteiger partial charge in [-0.2, -0.15) is 0 Å². The number of guanidine groups is 1. The number of hydrogen-bond acceptors (Lipinski definition) is 3. The summed E-state index contributed by atoms with van der Waals surface area (Å²) in [5.41, 5.74) is 7.90. The SMILES string of the molecule is COc1ccc(OC)c(NC(N)=NCCCc2ccc(Cl)cc2)c1.I. The normalized spacial score (nSPS) is 10.8. The molecular formula is C18H23ClIN3O2. The molecule has 2 aromatic rings. The Morgan fingerprint density at radius 1 is 1.12 bits per heavy atom. The van der Waals surface area contributed by atoms with Crippen LogP contribution in [0.5, 0.6) is 11.5 Å². The molecule has 2 aromatic carbocycles. The second-order valence-corrected chi connectivity index (χ2v) is 5.62. The third-order valence-corrected chi connectivity index (χ3v) is 3.74. The first-order valence-corrected chi connectivity index (χ1v) is 8.03. The molecule has 25 heavy (non-hydrogen) atoms. The van der Waals surface area contributed by atoms with E-state index in [1.54, 1.807) is 14.2 Å². The molecule has 0 radical (unpaired) electrons. The lowest BCUT2D eigenvalue weighted by atomic mass is 10.1. The molecule has 0 aliphatic heterocycles. The van der Waals surface area contributed by atoms with Crippen LogP contribution in [0.4, 0.5) is 5.69 Å². The second kappa shape index (κ2) is 11.0. The summed E-state index contributed by atoms with van der Waals surface area (Å²) >= 11 is 5.87. The molecule has 7 heteroatoms. The Balaban J connectivity index is 0.00000312. The van der Waals surface area contributed by atoms with Crippen LogP contribution in [0.15, 0.2) is 47.5 Å². The van der Waals surface area contributed by atoms with E-state index in [1.807, 2.05) is 42.5 Å². The molecule has 0 spiro atoms. The van der Waals surface area contributed by atoms with Gasteiger partial charge in [0.15, 0.2) is 5.96 Å². The maximum absolute atomic E-state index is 5.95. The van der Waals surface area contributed by atoms with Gasteiger partial charge in [0.1, 0.15) is 11.5 Å². The Labute approximate surface area is 170 Å². The first kappa shape index (κ1) is 21.4. The number of nitrogens with one attached hydrogen (secondary N) is 1. The second-order valence-electron chi connectivity index (χ2n) is 5.19. The third kappa shape index (κ3) is 6.99. The highest BCUT2D eigenvalue weighted by molar-refractivity contribution is 14.0. The summed E-state index contributed by atoms with van der Waals surface area (Å²) in [7, 11) is 3.21. The molecule has 0 aliphatic carbocycles. The lowest BCUT2D eigenvalue weighted by Gasteiger charge is -2.12. The van der Waals surface area contributed by atoms with E-state index in [2.05, 4.69) is 10.3 Å². The maximum atomic E-state index is 5.95. The first-order valence-electron chi connectivity index (χ1n) is 7.66. The van der Waals surface area contributed by atoms with Gasteiger partial charge >= 0.3 is 0 Å². The fourth-order valence-corrected chi connectivity index (χ4v) is 2.35. The Morgan fingerprint density at radius 2 is 1.84 bits per heavy atom. The van der Waals surface area contributed by atoms with E-state index in [0.717, 1.165) is 23.6 Å². The molecule has 2 rings (SSSR count). The number of ether oxygens (including phenoxy) is 2. The lowest BCUT2D eigenvalue weighted by molar-refractivity contribution is 0.405. The predicted molar refractivity (Wildman–Crippen MR) is 115 cm³/mol. The highest BCUT2D eigenvalue weighted by atomic mass is 127. The molecule has 0 saturated carbocycles. The number of halogens is 2. The van der Waals surface area contributed by atoms with Crippen molar-refractivity contribution in [2.45, 2.75) is 12.8 Å². The van der Waals surface area contributed by atoms with Gasteiger partial charge in [-0.05, 0) is 42.7 Å². The first-order chi connectivity index (χ1) is 11.6. The maximum Gasteiger partial charge on any atom is 0.193 e. The number of aryl methyl sites for hydroxylation is 1. The zero-order chi connectivity index (χ0) is 17.4. The van der Waals surface area contributed by atoms with Crippen molar-refractivity contribution >= 4 is 47.2 Å². The van der Waals surface area contributed by atoms with Gasteiger partial charge < -0.3 is 20.5 Å². The van der Waals surface area contributed by atoms with Gasteiger partial charge in [-0.15, -0.1) is 24.0 Å². The standard InChI is InChI=1S/C18H22ClN3O2.HI/c1-23-15-9-10-17(24-2)16(12-15)22-18(20)21-11-3-4-13-5-7-14(19)8-6-13;/h5-10,12H,3-4,11H2,1-2H3,(H3,20,21,22);1H. The van der Waals surface area contributed by atoms with E-state index in [0.29, 0.717) is 24.0 Å². The van der Waals surface area contributed by atoms with Gasteiger partial charge in [-0.3, -0.25) is 4.99 Å². The van der Waals surface area contributed by atoms with E-state index in [-0.39, 0.29) is 24.0 Å². The number of methoxy groups -OCH3 is 2. The zero-order valence-electron chi connectivity index (χ0n) is 14.3. The van der Waals surface area contributed by atoms with Gasteiger partial charge in [0, 0.05) is 17.6 Å². The highest BCUT2D eigenvalue weighted by Gasteiger charge is 2.05. The molecular weight excluding hydrogens is 453 g/mol. The fourth-order valence-electron chi connectivity index (χ4n) is 2.22. The molecule has 0 aromatic heterocycles. The average molecular weight is 476 g/mol. The summed E-state index contributed by atoms with van der Waals surface area (Å²) < 4.78 is 10.5. The average Bonchev–Trinajstić information content (AvgIpc) is 2.60. The predicted octanol–water partition coefficient (Wildman–Crippen LogP) is 4.33. The van der Waals surface area contributed by atoms with Crippen molar-refractivity contribution < 1.29 is 9.47 Å². The quantitative estimate of drug-likeness (QED) is 0.271. The summed E-state index contributed by atoms with van der Waals surface area (Å²) in [6.07, 6.45) is 1.83. The van der Waals surface area contributed by atoms with Crippen molar-refractivity contribution in [3.05, 3.63) is 53.1 Å². The number of nitrogens with two attached hydrogens (primary N) is 1. The number of aliphatic imine (C=N–C) groups is 1. The zero-order valence-corrected chi connectivity index (χ0v) is 17.4. The van der Waals surface area contributed by atoms with Crippen LogP contribution in [-0.2, 0) is 6.42 Å². The van der Waals surface area contributed by atoms with E-state index in [4.69, 9.17) is 26.8 Å². The molecule has 0 bridgehead atoms. The molecule has 5 nitrogen and oxygen atoms in total. The van der Waals surface area contributed by atoms with E-state index in [9.17, 15) is 0 Å². The number of hydrogen-bond donors (Lipinski definition) is 2. The molecule has 136 valence electrons. The molecule has 0 aliphatic rings. The Morgan fingerprint density at radius 3 is 2.48 bits per heavy atom. The molecule has 0 fully saturated rings. The van der Waals surface area contributed by atoms with Gasteiger partial charge in [-0.25, -0.2) is 0 Å². The van der Waals surface area contributed by atoms with Crippen LogP contribution < -0.4 is 20.5 Å². The van der Waals surface area contributed by atoms with Gasteiger partial charge in [0.2, 0.25) is 0 Å². The Hall–Kier alpha value is -1.67.